The number of rotatable bonds is 4. The van der Waals surface area contributed by atoms with Crippen LogP contribution < -0.4 is 5.32 Å². The maximum absolute atomic E-state index is 11.5. The fourth-order valence-corrected chi connectivity index (χ4v) is 1.62. The molecule has 0 bridgehead atoms. The minimum Gasteiger partial charge on any atom is -0.445 e. The lowest BCUT2D eigenvalue weighted by Crippen LogP contribution is -2.29. The van der Waals surface area contributed by atoms with Crippen LogP contribution in [-0.4, -0.2) is 37.7 Å². The van der Waals surface area contributed by atoms with Gasteiger partial charge in [-0.1, -0.05) is 23.7 Å². The van der Waals surface area contributed by atoms with Crippen LogP contribution in [0.1, 0.15) is 6.92 Å². The van der Waals surface area contributed by atoms with E-state index in [0.717, 1.165) is 0 Å². The number of carbonyl (C=O) groups excluding carboxylic acids is 1. The van der Waals surface area contributed by atoms with Gasteiger partial charge in [0.05, 0.1) is 10.7 Å². The van der Waals surface area contributed by atoms with Crippen LogP contribution >= 0.6 is 11.6 Å². The summed E-state index contributed by atoms with van der Waals surface area (Å²) in [5, 5.41) is 3.09. The van der Waals surface area contributed by atoms with Gasteiger partial charge in [0, 0.05) is 6.54 Å². The van der Waals surface area contributed by atoms with Crippen LogP contribution in [0.2, 0.25) is 5.02 Å². The van der Waals surface area contributed by atoms with E-state index < -0.39 is 6.09 Å². The number of hydrogen-bond donors (Lipinski definition) is 1. The van der Waals surface area contributed by atoms with Crippen LogP contribution in [0.4, 0.5) is 10.5 Å². The predicted octanol–water partition coefficient (Wildman–Crippen LogP) is 2.84. The molecule has 1 aromatic rings. The highest BCUT2D eigenvalue weighted by Crippen LogP contribution is 2.20. The fraction of sp³-hybridized carbons (Fsp3) is 0.417. The second-order valence-corrected chi connectivity index (χ2v) is 4.49. The molecule has 0 aliphatic rings. The van der Waals surface area contributed by atoms with Crippen molar-refractivity contribution in [3.63, 3.8) is 0 Å². The van der Waals surface area contributed by atoms with Crippen molar-refractivity contribution >= 4 is 23.4 Å². The molecule has 1 rings (SSSR count). The summed E-state index contributed by atoms with van der Waals surface area (Å²) in [4.78, 5) is 13.5. The summed E-state index contributed by atoms with van der Waals surface area (Å²) < 4.78 is 5.17. The van der Waals surface area contributed by atoms with E-state index in [2.05, 4.69) is 5.32 Å². The number of nitrogens with zero attached hydrogens (tertiary/aromatic N) is 1. The highest BCUT2D eigenvalue weighted by atomic mass is 35.5. The Morgan fingerprint density at radius 3 is 2.71 bits per heavy atom. The molecule has 1 N–H and O–H groups in total. The van der Waals surface area contributed by atoms with E-state index in [4.69, 9.17) is 16.3 Å². The summed E-state index contributed by atoms with van der Waals surface area (Å²) in [5.41, 5.74) is 0.552. The molecule has 1 amide bonds. The molecule has 0 radical (unpaired) electrons. The number of amides is 1. The van der Waals surface area contributed by atoms with Crippen molar-refractivity contribution in [3.8, 4) is 0 Å². The van der Waals surface area contributed by atoms with E-state index in [1.807, 2.05) is 25.9 Å². The number of para-hydroxylation sites is 1. The summed E-state index contributed by atoms with van der Waals surface area (Å²) in [5.74, 6) is 0. The summed E-state index contributed by atoms with van der Waals surface area (Å²) in [7, 11) is 3.84. The van der Waals surface area contributed by atoms with Crippen molar-refractivity contribution in [1.29, 1.82) is 0 Å². The molecule has 17 heavy (non-hydrogen) atoms. The zero-order valence-corrected chi connectivity index (χ0v) is 11.0. The molecule has 0 aliphatic carbocycles. The van der Waals surface area contributed by atoms with Crippen molar-refractivity contribution in [2.75, 3.05) is 26.0 Å². The van der Waals surface area contributed by atoms with E-state index in [1.54, 1.807) is 24.3 Å². The molecule has 0 fully saturated rings. The lowest BCUT2D eigenvalue weighted by molar-refractivity contribution is 0.103. The first-order chi connectivity index (χ1) is 7.99. The second-order valence-electron chi connectivity index (χ2n) is 4.08. The Kier molecular flexibility index (Phi) is 5.25. The lowest BCUT2D eigenvalue weighted by Gasteiger charge is -2.17. The van der Waals surface area contributed by atoms with Crippen LogP contribution in [0.5, 0.6) is 0 Å². The summed E-state index contributed by atoms with van der Waals surface area (Å²) in [6, 6.07) is 7.03. The Hall–Kier alpha value is -1.26. The van der Waals surface area contributed by atoms with Gasteiger partial charge in [0.1, 0.15) is 6.10 Å². The first kappa shape index (κ1) is 13.8. The predicted molar refractivity (Wildman–Crippen MR) is 69.6 cm³/mol. The van der Waals surface area contributed by atoms with E-state index in [9.17, 15) is 4.79 Å². The largest absolute Gasteiger partial charge is 0.445 e. The third-order valence-electron chi connectivity index (χ3n) is 2.04. The minimum atomic E-state index is -0.493. The fourth-order valence-electron chi connectivity index (χ4n) is 1.44. The highest BCUT2D eigenvalue weighted by Gasteiger charge is 2.11. The first-order valence-electron chi connectivity index (χ1n) is 5.36. The molecule has 0 saturated heterocycles. The van der Waals surface area contributed by atoms with Gasteiger partial charge in [-0.2, -0.15) is 0 Å². The molecule has 1 unspecified atom stereocenters. The van der Waals surface area contributed by atoms with Crippen LogP contribution in [0.15, 0.2) is 24.3 Å². The molecule has 0 heterocycles. The van der Waals surface area contributed by atoms with E-state index in [0.29, 0.717) is 17.3 Å². The topological polar surface area (TPSA) is 41.6 Å². The monoisotopic (exact) mass is 256 g/mol. The van der Waals surface area contributed by atoms with Crippen LogP contribution in [0.3, 0.4) is 0 Å². The van der Waals surface area contributed by atoms with Gasteiger partial charge < -0.3 is 9.64 Å². The number of hydrogen-bond acceptors (Lipinski definition) is 3. The highest BCUT2D eigenvalue weighted by molar-refractivity contribution is 6.33. The standard InChI is InChI=1S/C12H17ClN2O2/c1-9(8-15(2)3)17-12(16)14-11-7-5-4-6-10(11)13/h4-7,9H,8H2,1-3H3,(H,14,16). The molecule has 94 valence electrons. The van der Waals surface area contributed by atoms with Gasteiger partial charge in [-0.25, -0.2) is 4.79 Å². The van der Waals surface area contributed by atoms with Gasteiger partial charge in [0.2, 0.25) is 0 Å². The molecular weight excluding hydrogens is 240 g/mol. The zero-order valence-electron chi connectivity index (χ0n) is 10.2. The molecule has 0 spiro atoms. The zero-order chi connectivity index (χ0) is 12.8. The van der Waals surface area contributed by atoms with Crippen molar-refractivity contribution in [2.45, 2.75) is 13.0 Å². The Balaban J connectivity index is 2.47. The average Bonchev–Trinajstić information content (AvgIpc) is 2.19. The van der Waals surface area contributed by atoms with E-state index in [-0.39, 0.29) is 6.10 Å². The molecule has 0 saturated carbocycles. The third kappa shape index (κ3) is 5.06. The lowest BCUT2D eigenvalue weighted by atomic mass is 10.3. The van der Waals surface area contributed by atoms with Gasteiger partial charge >= 0.3 is 6.09 Å². The average molecular weight is 257 g/mol. The maximum Gasteiger partial charge on any atom is 0.411 e. The molecule has 1 aromatic carbocycles. The van der Waals surface area contributed by atoms with Crippen molar-refractivity contribution in [3.05, 3.63) is 29.3 Å². The quantitative estimate of drug-likeness (QED) is 0.901. The maximum atomic E-state index is 11.5. The van der Waals surface area contributed by atoms with Crippen molar-refractivity contribution in [1.82, 2.24) is 4.90 Å². The van der Waals surface area contributed by atoms with Crippen molar-refractivity contribution in [2.24, 2.45) is 0 Å². The van der Waals surface area contributed by atoms with Gasteiger partial charge in [-0.3, -0.25) is 5.32 Å². The number of halogens is 1. The molecule has 1 atom stereocenters. The van der Waals surface area contributed by atoms with E-state index in [1.165, 1.54) is 0 Å². The number of nitrogens with one attached hydrogen (secondary N) is 1. The Bertz CT molecular complexity index is 383. The number of carbonyl (C=O) groups is 1. The molecule has 5 heteroatoms. The second kappa shape index (κ2) is 6.47. The van der Waals surface area contributed by atoms with Crippen molar-refractivity contribution < 1.29 is 9.53 Å². The van der Waals surface area contributed by atoms with Crippen LogP contribution in [0.25, 0.3) is 0 Å². The van der Waals surface area contributed by atoms with Gasteiger partial charge in [0.25, 0.3) is 0 Å². The third-order valence-corrected chi connectivity index (χ3v) is 2.37. The smallest absolute Gasteiger partial charge is 0.411 e. The van der Waals surface area contributed by atoms with E-state index >= 15 is 0 Å². The normalized spacial score (nSPS) is 12.3. The van der Waals surface area contributed by atoms with Crippen LogP contribution in [-0.2, 0) is 4.74 Å². The molecule has 0 aliphatic heterocycles. The summed E-state index contributed by atoms with van der Waals surface area (Å²) in [6.07, 6.45) is -0.667. The van der Waals surface area contributed by atoms with Crippen LogP contribution in [0, 0.1) is 0 Å². The summed E-state index contributed by atoms with van der Waals surface area (Å²) in [6.45, 7) is 2.52. The number of ether oxygens (including phenoxy) is 1. The molecule has 0 aromatic heterocycles. The number of anilines is 1. The first-order valence-corrected chi connectivity index (χ1v) is 5.73. The SMILES string of the molecule is CC(CN(C)C)OC(=O)Nc1ccccc1Cl. The van der Waals surface area contributed by atoms with Gasteiger partial charge in [0.15, 0.2) is 0 Å². The van der Waals surface area contributed by atoms with Gasteiger partial charge in [-0.05, 0) is 33.2 Å². The minimum absolute atomic E-state index is 0.174. The number of likely N-dealkylation sites (N-methyl/N-ethyl adjacent to an activating group) is 1. The Morgan fingerprint density at radius 1 is 1.47 bits per heavy atom. The van der Waals surface area contributed by atoms with Gasteiger partial charge in [-0.15, -0.1) is 0 Å². The molecule has 4 nitrogen and oxygen atoms in total. The molecular formula is C12H17ClN2O2. The Labute approximate surface area is 107 Å². The Morgan fingerprint density at radius 2 is 2.12 bits per heavy atom. The summed E-state index contributed by atoms with van der Waals surface area (Å²) >= 11 is 5.91. The number of benzene rings is 1.